The molecular formula is C12H14N2O. The van der Waals surface area contributed by atoms with Crippen LogP contribution in [0.3, 0.4) is 0 Å². The van der Waals surface area contributed by atoms with E-state index in [1.54, 1.807) is 6.07 Å². The molecule has 0 atom stereocenters. The summed E-state index contributed by atoms with van der Waals surface area (Å²) in [6.45, 7) is 6.32. The summed E-state index contributed by atoms with van der Waals surface area (Å²) in [4.78, 5) is 4.29. The van der Waals surface area contributed by atoms with Crippen molar-refractivity contribution in [2.24, 2.45) is 0 Å². The van der Waals surface area contributed by atoms with Gasteiger partial charge in [0.2, 0.25) is 5.52 Å². The second kappa shape index (κ2) is 3.19. The van der Waals surface area contributed by atoms with Gasteiger partial charge in [0, 0.05) is 18.3 Å². The summed E-state index contributed by atoms with van der Waals surface area (Å²) in [5, 5.41) is 11.5. The van der Waals surface area contributed by atoms with Crippen molar-refractivity contribution in [3.63, 3.8) is 0 Å². The lowest BCUT2D eigenvalue weighted by molar-refractivity contribution is -0.577. The Morgan fingerprint density at radius 3 is 2.73 bits per heavy atom. The van der Waals surface area contributed by atoms with E-state index in [1.165, 1.54) is 6.20 Å². The minimum atomic E-state index is 0.0179. The maximum absolute atomic E-state index is 11.5. The van der Waals surface area contributed by atoms with Crippen LogP contribution in [0.4, 0.5) is 0 Å². The summed E-state index contributed by atoms with van der Waals surface area (Å²) < 4.78 is 0.859. The van der Waals surface area contributed by atoms with Crippen LogP contribution in [0.1, 0.15) is 26.3 Å². The highest BCUT2D eigenvalue weighted by Crippen LogP contribution is 2.22. The van der Waals surface area contributed by atoms with E-state index in [4.69, 9.17) is 0 Å². The number of pyridine rings is 2. The predicted octanol–water partition coefficient (Wildman–Crippen LogP) is 2.17. The molecule has 0 saturated carbocycles. The van der Waals surface area contributed by atoms with Crippen molar-refractivity contribution in [2.75, 3.05) is 0 Å². The van der Waals surface area contributed by atoms with Gasteiger partial charge in [0.15, 0.2) is 6.20 Å². The van der Waals surface area contributed by atoms with Crippen LogP contribution in [0, 0.1) is 5.21 Å². The van der Waals surface area contributed by atoms with Gasteiger partial charge in [-0.25, -0.2) is 4.98 Å². The highest BCUT2D eigenvalue weighted by molar-refractivity contribution is 5.71. The van der Waals surface area contributed by atoms with Gasteiger partial charge in [-0.1, -0.05) is 20.8 Å². The molecule has 2 aromatic rings. The topological polar surface area (TPSA) is 39.8 Å². The molecule has 2 aromatic heterocycles. The van der Waals surface area contributed by atoms with Gasteiger partial charge in [0.1, 0.15) is 5.52 Å². The summed E-state index contributed by atoms with van der Waals surface area (Å²) >= 11 is 0. The van der Waals surface area contributed by atoms with Crippen molar-refractivity contribution in [1.82, 2.24) is 4.98 Å². The van der Waals surface area contributed by atoms with E-state index in [9.17, 15) is 5.21 Å². The quantitative estimate of drug-likeness (QED) is 0.485. The fourth-order valence-corrected chi connectivity index (χ4v) is 1.47. The molecular weight excluding hydrogens is 188 g/mol. The Kier molecular flexibility index (Phi) is 2.11. The van der Waals surface area contributed by atoms with Crippen molar-refractivity contribution in [1.29, 1.82) is 0 Å². The molecule has 0 unspecified atom stereocenters. The molecule has 0 spiro atoms. The normalized spacial score (nSPS) is 11.9. The highest BCUT2D eigenvalue weighted by atomic mass is 16.5. The number of hydrogen-bond donors (Lipinski definition) is 0. The zero-order chi connectivity index (χ0) is 11.1. The van der Waals surface area contributed by atoms with Crippen molar-refractivity contribution >= 4 is 11.0 Å². The van der Waals surface area contributed by atoms with E-state index in [-0.39, 0.29) is 5.41 Å². The summed E-state index contributed by atoms with van der Waals surface area (Å²) in [5.74, 6) is 0. The van der Waals surface area contributed by atoms with Gasteiger partial charge < -0.3 is 5.21 Å². The van der Waals surface area contributed by atoms with Crippen LogP contribution in [-0.2, 0) is 5.41 Å². The monoisotopic (exact) mass is 202 g/mol. The smallest absolute Gasteiger partial charge is 0.242 e. The fraction of sp³-hybridized carbons (Fsp3) is 0.333. The number of hydrogen-bond acceptors (Lipinski definition) is 2. The van der Waals surface area contributed by atoms with Crippen molar-refractivity contribution in [3.8, 4) is 0 Å². The molecule has 0 amide bonds. The molecule has 0 aliphatic rings. The molecule has 0 aromatic carbocycles. The SMILES string of the molecule is CC(C)(C)c1cnc2ccc[n+]([O-])c2c1. The molecule has 0 N–H and O–H groups in total. The average Bonchev–Trinajstić information content (AvgIpc) is 2.16. The number of nitrogens with zero attached hydrogens (tertiary/aromatic N) is 2. The summed E-state index contributed by atoms with van der Waals surface area (Å²) in [7, 11) is 0. The Labute approximate surface area is 89.0 Å². The Morgan fingerprint density at radius 2 is 2.07 bits per heavy atom. The Morgan fingerprint density at radius 1 is 1.33 bits per heavy atom. The van der Waals surface area contributed by atoms with Crippen LogP contribution >= 0.6 is 0 Å². The van der Waals surface area contributed by atoms with Crippen LogP contribution in [0.5, 0.6) is 0 Å². The molecule has 0 radical (unpaired) electrons. The summed E-state index contributed by atoms with van der Waals surface area (Å²) in [6, 6.07) is 5.46. The molecule has 0 aliphatic carbocycles. The summed E-state index contributed by atoms with van der Waals surface area (Å²) in [6.07, 6.45) is 3.33. The third-order valence-corrected chi connectivity index (χ3v) is 2.48. The molecule has 0 fully saturated rings. The van der Waals surface area contributed by atoms with E-state index in [1.807, 2.05) is 18.3 Å². The van der Waals surface area contributed by atoms with Crippen molar-refractivity contribution < 1.29 is 4.73 Å². The molecule has 2 heterocycles. The van der Waals surface area contributed by atoms with Crippen LogP contribution < -0.4 is 4.73 Å². The molecule has 0 bridgehead atoms. The van der Waals surface area contributed by atoms with E-state index in [2.05, 4.69) is 25.8 Å². The summed E-state index contributed by atoms with van der Waals surface area (Å²) in [5.41, 5.74) is 2.46. The van der Waals surface area contributed by atoms with Crippen LogP contribution in [0.2, 0.25) is 0 Å². The number of rotatable bonds is 0. The van der Waals surface area contributed by atoms with Crippen LogP contribution in [0.25, 0.3) is 11.0 Å². The van der Waals surface area contributed by atoms with Crippen molar-refractivity contribution in [3.05, 3.63) is 41.4 Å². The second-order valence-corrected chi connectivity index (χ2v) is 4.71. The van der Waals surface area contributed by atoms with Gasteiger partial charge in [-0.15, -0.1) is 0 Å². The number of fused-ring (bicyclic) bond motifs is 1. The second-order valence-electron chi connectivity index (χ2n) is 4.71. The zero-order valence-corrected chi connectivity index (χ0v) is 9.19. The largest absolute Gasteiger partial charge is 0.618 e. The number of aromatic nitrogens is 2. The molecule has 0 saturated heterocycles. The van der Waals surface area contributed by atoms with Gasteiger partial charge in [0.05, 0.1) is 0 Å². The minimum Gasteiger partial charge on any atom is -0.618 e. The highest BCUT2D eigenvalue weighted by Gasteiger charge is 2.16. The maximum Gasteiger partial charge on any atom is 0.242 e. The molecule has 15 heavy (non-hydrogen) atoms. The van der Waals surface area contributed by atoms with E-state index >= 15 is 0 Å². The van der Waals surface area contributed by atoms with Gasteiger partial charge in [-0.3, -0.25) is 0 Å². The Balaban J connectivity index is 2.70. The lowest BCUT2D eigenvalue weighted by Crippen LogP contribution is -2.26. The fourth-order valence-electron chi connectivity index (χ4n) is 1.47. The standard InChI is InChI=1S/C12H14N2O/c1-12(2,3)9-7-11-10(13-8-9)5-4-6-14(11)15/h4-8H,1-3H3. The van der Waals surface area contributed by atoms with Gasteiger partial charge in [-0.2, -0.15) is 4.73 Å². The first-order valence-electron chi connectivity index (χ1n) is 4.97. The minimum absolute atomic E-state index is 0.0179. The lowest BCUT2D eigenvalue weighted by atomic mass is 9.88. The van der Waals surface area contributed by atoms with Crippen LogP contribution in [-0.4, -0.2) is 4.98 Å². The zero-order valence-electron chi connectivity index (χ0n) is 9.19. The van der Waals surface area contributed by atoms with E-state index in [0.717, 1.165) is 15.8 Å². The molecule has 3 nitrogen and oxygen atoms in total. The van der Waals surface area contributed by atoms with Crippen molar-refractivity contribution in [2.45, 2.75) is 26.2 Å². The van der Waals surface area contributed by atoms with Crippen LogP contribution in [0.15, 0.2) is 30.6 Å². The Bertz CT molecular complexity index is 500. The third-order valence-electron chi connectivity index (χ3n) is 2.48. The first-order chi connectivity index (χ1) is 6.98. The molecule has 0 aliphatic heterocycles. The molecule has 2 rings (SSSR count). The van der Waals surface area contributed by atoms with Gasteiger partial charge in [0.25, 0.3) is 0 Å². The van der Waals surface area contributed by atoms with E-state index < -0.39 is 0 Å². The molecule has 3 heteroatoms. The molecule has 78 valence electrons. The van der Waals surface area contributed by atoms with Gasteiger partial charge >= 0.3 is 0 Å². The maximum atomic E-state index is 11.5. The van der Waals surface area contributed by atoms with Gasteiger partial charge in [-0.05, 0) is 17.0 Å². The average molecular weight is 202 g/mol. The van der Waals surface area contributed by atoms with E-state index in [0.29, 0.717) is 5.52 Å². The third kappa shape index (κ3) is 1.77. The first kappa shape index (κ1) is 9.90. The predicted molar refractivity (Wildman–Crippen MR) is 59.4 cm³/mol. The Hall–Kier alpha value is -1.64. The lowest BCUT2D eigenvalue weighted by Gasteiger charge is -2.18. The first-order valence-corrected chi connectivity index (χ1v) is 4.97.